The van der Waals surface area contributed by atoms with Gasteiger partial charge in [-0.3, -0.25) is 19.6 Å². The van der Waals surface area contributed by atoms with Gasteiger partial charge in [0.2, 0.25) is 11.9 Å². The highest BCUT2D eigenvalue weighted by Gasteiger charge is 1.97. The molecular formula is C18H18N8O2. The lowest BCUT2D eigenvalue weighted by Gasteiger charge is -2.01. The van der Waals surface area contributed by atoms with Crippen molar-refractivity contribution in [3.63, 3.8) is 0 Å². The molecule has 0 amide bonds. The van der Waals surface area contributed by atoms with E-state index in [1.54, 1.807) is 26.3 Å². The molecule has 10 heteroatoms. The third-order valence-electron chi connectivity index (χ3n) is 3.42. The van der Waals surface area contributed by atoms with Crippen molar-refractivity contribution in [2.75, 3.05) is 10.9 Å². The Morgan fingerprint density at radius 2 is 1.29 bits per heavy atom. The summed E-state index contributed by atoms with van der Waals surface area (Å²) in [6.45, 7) is 3.45. The van der Waals surface area contributed by atoms with Crippen LogP contribution in [0.1, 0.15) is 22.5 Å². The molecule has 1 aromatic carbocycles. The van der Waals surface area contributed by atoms with Gasteiger partial charge in [0, 0.05) is 23.5 Å². The predicted molar refractivity (Wildman–Crippen MR) is 108 cm³/mol. The van der Waals surface area contributed by atoms with Crippen molar-refractivity contribution in [1.29, 1.82) is 0 Å². The van der Waals surface area contributed by atoms with Gasteiger partial charge in [-0.25, -0.2) is 20.8 Å². The summed E-state index contributed by atoms with van der Waals surface area (Å²) in [5, 5.41) is 8.13. The number of H-pyrrole nitrogens is 2. The summed E-state index contributed by atoms with van der Waals surface area (Å²) in [5.74, 6) is 0.533. The summed E-state index contributed by atoms with van der Waals surface area (Å²) in [5.41, 5.74) is 7.68. The van der Waals surface area contributed by atoms with Crippen LogP contribution in [0.3, 0.4) is 0 Å². The molecule has 0 saturated heterocycles. The van der Waals surface area contributed by atoms with Crippen molar-refractivity contribution in [2.24, 2.45) is 10.2 Å². The van der Waals surface area contributed by atoms with Crippen molar-refractivity contribution in [1.82, 2.24) is 19.9 Å². The maximum Gasteiger partial charge on any atom is 0.252 e. The number of anilines is 2. The Balaban J connectivity index is 1.64. The second-order valence-electron chi connectivity index (χ2n) is 5.88. The zero-order chi connectivity index (χ0) is 19.9. The summed E-state index contributed by atoms with van der Waals surface area (Å²) in [6, 6.07) is 10.2. The quantitative estimate of drug-likeness (QED) is 0.377. The maximum atomic E-state index is 11.4. The average Bonchev–Trinajstić information content (AvgIpc) is 2.60. The number of rotatable bonds is 6. The highest BCUT2D eigenvalue weighted by molar-refractivity contribution is 5.86. The molecule has 28 heavy (non-hydrogen) atoms. The van der Waals surface area contributed by atoms with Crippen molar-refractivity contribution < 1.29 is 0 Å². The number of nitrogens with zero attached hydrogens (tertiary/aromatic N) is 4. The molecule has 3 rings (SSSR count). The molecule has 0 spiro atoms. The van der Waals surface area contributed by atoms with Crippen LogP contribution in [-0.2, 0) is 0 Å². The summed E-state index contributed by atoms with van der Waals surface area (Å²) in [7, 11) is 0. The number of hydrogen-bond acceptors (Lipinski definition) is 8. The SMILES string of the molecule is Cc1cc(=O)[nH]c(N/N=C\c2cccc(/C=N\Nc3nc(C)cc(=O)[nH]3)c2)n1. The van der Waals surface area contributed by atoms with Crippen molar-refractivity contribution >= 4 is 24.3 Å². The van der Waals surface area contributed by atoms with Crippen LogP contribution in [0, 0.1) is 13.8 Å². The van der Waals surface area contributed by atoms with Crippen LogP contribution in [0.15, 0.2) is 56.2 Å². The topological polar surface area (TPSA) is 140 Å². The summed E-state index contributed by atoms with van der Waals surface area (Å²) in [4.78, 5) is 36.1. The minimum absolute atomic E-state index is 0.250. The number of nitrogens with one attached hydrogen (secondary N) is 4. The fraction of sp³-hybridized carbons (Fsp3) is 0.111. The number of benzene rings is 1. The molecule has 3 aromatic rings. The van der Waals surface area contributed by atoms with E-state index in [1.165, 1.54) is 12.1 Å². The zero-order valence-corrected chi connectivity index (χ0v) is 15.2. The van der Waals surface area contributed by atoms with Crippen LogP contribution >= 0.6 is 0 Å². The monoisotopic (exact) mass is 378 g/mol. The summed E-state index contributed by atoms with van der Waals surface area (Å²) < 4.78 is 0. The van der Waals surface area contributed by atoms with E-state index >= 15 is 0 Å². The minimum atomic E-state index is -0.250. The molecule has 0 aliphatic carbocycles. The Morgan fingerprint density at radius 1 is 0.821 bits per heavy atom. The normalized spacial score (nSPS) is 11.2. The van der Waals surface area contributed by atoms with Gasteiger partial charge < -0.3 is 0 Å². The molecule has 10 nitrogen and oxygen atoms in total. The first-order chi connectivity index (χ1) is 13.5. The summed E-state index contributed by atoms with van der Waals surface area (Å²) in [6.07, 6.45) is 3.18. The molecule has 0 atom stereocenters. The third kappa shape index (κ3) is 5.46. The number of hydrogen-bond donors (Lipinski definition) is 4. The van der Waals surface area contributed by atoms with Gasteiger partial charge in [-0.1, -0.05) is 18.2 Å². The van der Waals surface area contributed by atoms with Gasteiger partial charge in [0.05, 0.1) is 12.4 Å². The van der Waals surface area contributed by atoms with Gasteiger partial charge in [-0.05, 0) is 31.0 Å². The van der Waals surface area contributed by atoms with Crippen molar-refractivity contribution in [3.8, 4) is 0 Å². The highest BCUT2D eigenvalue weighted by Crippen LogP contribution is 2.02. The maximum absolute atomic E-state index is 11.4. The van der Waals surface area contributed by atoms with Gasteiger partial charge >= 0.3 is 0 Å². The van der Waals surface area contributed by atoms with Crippen molar-refractivity contribution in [2.45, 2.75) is 13.8 Å². The first-order valence-corrected chi connectivity index (χ1v) is 8.32. The van der Waals surface area contributed by atoms with Crippen molar-refractivity contribution in [3.05, 3.63) is 79.6 Å². The Morgan fingerprint density at radius 3 is 1.71 bits per heavy atom. The van der Waals surface area contributed by atoms with E-state index in [1.807, 2.05) is 24.3 Å². The van der Waals surface area contributed by atoms with Crippen LogP contribution in [-0.4, -0.2) is 32.4 Å². The van der Waals surface area contributed by atoms with E-state index in [0.717, 1.165) is 11.1 Å². The number of aromatic amines is 2. The molecule has 0 aliphatic rings. The lowest BCUT2D eigenvalue weighted by atomic mass is 10.1. The number of aromatic nitrogens is 4. The van der Waals surface area contributed by atoms with Gasteiger partial charge in [-0.15, -0.1) is 0 Å². The largest absolute Gasteiger partial charge is 0.291 e. The van der Waals surface area contributed by atoms with E-state index in [2.05, 4.69) is 41.0 Å². The van der Waals surface area contributed by atoms with Gasteiger partial charge in [-0.2, -0.15) is 10.2 Å². The first kappa shape index (κ1) is 18.7. The Hall–Kier alpha value is -4.08. The van der Waals surface area contributed by atoms with Crippen LogP contribution in [0.25, 0.3) is 0 Å². The van der Waals surface area contributed by atoms with Gasteiger partial charge in [0.25, 0.3) is 11.1 Å². The molecule has 4 N–H and O–H groups in total. The molecule has 0 fully saturated rings. The second-order valence-corrected chi connectivity index (χ2v) is 5.88. The molecule has 2 aromatic heterocycles. The van der Waals surface area contributed by atoms with Gasteiger partial charge in [0.1, 0.15) is 0 Å². The fourth-order valence-corrected chi connectivity index (χ4v) is 2.32. The van der Waals surface area contributed by atoms with Crippen LogP contribution in [0.2, 0.25) is 0 Å². The predicted octanol–water partition coefficient (Wildman–Crippen LogP) is 1.36. The molecule has 2 heterocycles. The van der Waals surface area contributed by atoms with Crippen LogP contribution < -0.4 is 22.0 Å². The zero-order valence-electron chi connectivity index (χ0n) is 15.2. The van der Waals surface area contributed by atoms with E-state index in [9.17, 15) is 9.59 Å². The minimum Gasteiger partial charge on any atom is -0.291 e. The van der Waals surface area contributed by atoms with E-state index in [0.29, 0.717) is 11.4 Å². The molecule has 0 bridgehead atoms. The first-order valence-electron chi connectivity index (χ1n) is 8.32. The van der Waals surface area contributed by atoms with Gasteiger partial charge in [0.15, 0.2) is 0 Å². The summed E-state index contributed by atoms with van der Waals surface area (Å²) >= 11 is 0. The Labute approximate surface area is 159 Å². The fourth-order valence-electron chi connectivity index (χ4n) is 2.32. The average molecular weight is 378 g/mol. The lowest BCUT2D eigenvalue weighted by molar-refractivity contribution is 1.04. The Kier molecular flexibility index (Phi) is 5.70. The van der Waals surface area contributed by atoms with E-state index in [4.69, 9.17) is 0 Å². The molecule has 0 unspecified atom stereocenters. The molecular weight excluding hydrogens is 360 g/mol. The van der Waals surface area contributed by atoms with Crippen LogP contribution in [0.4, 0.5) is 11.9 Å². The highest BCUT2D eigenvalue weighted by atomic mass is 16.1. The molecule has 0 aliphatic heterocycles. The van der Waals surface area contributed by atoms with E-state index in [-0.39, 0.29) is 23.0 Å². The van der Waals surface area contributed by atoms with E-state index < -0.39 is 0 Å². The lowest BCUT2D eigenvalue weighted by Crippen LogP contribution is -2.10. The smallest absolute Gasteiger partial charge is 0.252 e. The molecule has 0 radical (unpaired) electrons. The van der Waals surface area contributed by atoms with Crippen LogP contribution in [0.5, 0.6) is 0 Å². The number of aryl methyl sites for hydroxylation is 2. The second kappa shape index (κ2) is 8.54. The standard InChI is InChI=1S/C18H18N8O2/c1-11-6-15(27)23-17(21-11)25-19-9-13-4-3-5-14(8-13)10-20-26-18-22-12(2)7-16(28)24-18/h3-10H,1-2H3,(H2,21,23,25,27)(H2,22,24,26,28)/b19-9-,20-10-. The molecule has 142 valence electrons. The number of hydrazone groups is 2. The Bertz CT molecular complexity index is 1060. The molecule has 0 saturated carbocycles. The third-order valence-corrected chi connectivity index (χ3v) is 3.42.